The summed E-state index contributed by atoms with van der Waals surface area (Å²) in [7, 11) is 4.65. The van der Waals surface area contributed by atoms with E-state index in [1.54, 1.807) is 38.4 Å². The zero-order chi connectivity index (χ0) is 21.5. The smallest absolute Gasteiger partial charge is 0.274 e. The number of thiophene rings is 1. The number of carbonyl (C=O) groups is 2. The summed E-state index contributed by atoms with van der Waals surface area (Å²) in [4.78, 5) is 32.0. The van der Waals surface area contributed by atoms with Crippen LogP contribution in [0.25, 0.3) is 10.9 Å². The molecule has 1 amide bonds. The van der Waals surface area contributed by atoms with Gasteiger partial charge >= 0.3 is 0 Å². The van der Waals surface area contributed by atoms with Crippen molar-refractivity contribution in [1.82, 2.24) is 9.88 Å². The summed E-state index contributed by atoms with van der Waals surface area (Å²) in [5, 5.41) is 2.75. The molecule has 1 saturated heterocycles. The Morgan fingerprint density at radius 2 is 2.00 bits per heavy atom. The highest BCUT2D eigenvalue weighted by atomic mass is 32.1. The van der Waals surface area contributed by atoms with Gasteiger partial charge in [0.25, 0.3) is 5.91 Å². The monoisotopic (exact) mass is 436 g/mol. The second-order valence-corrected chi connectivity index (χ2v) is 9.05. The lowest BCUT2D eigenvalue weighted by Crippen LogP contribution is -2.33. The number of allylic oxidation sites excluding steroid dienone is 2. The summed E-state index contributed by atoms with van der Waals surface area (Å²) in [5.41, 5.74) is 2.85. The maximum absolute atomic E-state index is 13.5. The number of ether oxygens (including phenoxy) is 3. The van der Waals surface area contributed by atoms with Crippen LogP contribution in [0.2, 0.25) is 0 Å². The quantitative estimate of drug-likeness (QED) is 0.674. The Hall–Kier alpha value is -3.26. The number of nitrogens with one attached hydrogen (secondary N) is 1. The minimum absolute atomic E-state index is 0.0104. The van der Waals surface area contributed by atoms with Crippen molar-refractivity contribution in [3.05, 3.63) is 51.5 Å². The summed E-state index contributed by atoms with van der Waals surface area (Å²) in [6.07, 6.45) is 2.66. The van der Waals surface area contributed by atoms with E-state index in [-0.39, 0.29) is 17.1 Å². The van der Waals surface area contributed by atoms with Gasteiger partial charge in [-0.05, 0) is 41.5 Å². The van der Waals surface area contributed by atoms with Crippen LogP contribution >= 0.6 is 11.3 Å². The number of piperidine rings is 1. The number of carbonyl (C=O) groups excluding carboxylic acids is 2. The van der Waals surface area contributed by atoms with Crippen LogP contribution in [-0.4, -0.2) is 49.4 Å². The molecular formula is C23H20N2O5S. The van der Waals surface area contributed by atoms with Gasteiger partial charge in [0.1, 0.15) is 5.69 Å². The van der Waals surface area contributed by atoms with Crippen molar-refractivity contribution >= 4 is 33.9 Å². The summed E-state index contributed by atoms with van der Waals surface area (Å²) in [5.74, 6) is 1.67. The average Bonchev–Trinajstić information content (AvgIpc) is 3.16. The normalized spacial score (nSPS) is 23.2. The number of nitrogens with zero attached hydrogens (tertiary/aromatic N) is 1. The molecule has 1 aromatic carbocycles. The fourth-order valence-electron chi connectivity index (χ4n) is 5.34. The fourth-order valence-corrected chi connectivity index (χ4v) is 6.23. The van der Waals surface area contributed by atoms with Crippen molar-refractivity contribution in [3.63, 3.8) is 0 Å². The van der Waals surface area contributed by atoms with Crippen LogP contribution in [0, 0.1) is 5.92 Å². The first-order valence-corrected chi connectivity index (χ1v) is 10.9. The van der Waals surface area contributed by atoms with E-state index >= 15 is 0 Å². The Bertz CT molecular complexity index is 1320. The first-order valence-electron chi connectivity index (χ1n) is 10.0. The van der Waals surface area contributed by atoms with Gasteiger partial charge < -0.3 is 24.1 Å². The molecular weight excluding hydrogens is 416 g/mol. The van der Waals surface area contributed by atoms with Gasteiger partial charge in [-0.2, -0.15) is 0 Å². The Kier molecular flexibility index (Phi) is 3.66. The number of H-pyrrole nitrogens is 1. The molecule has 3 aliphatic rings. The van der Waals surface area contributed by atoms with Gasteiger partial charge in [-0.25, -0.2) is 0 Å². The molecule has 31 heavy (non-hydrogen) atoms. The fraction of sp³-hybridized carbons (Fsp3) is 0.304. The molecule has 1 N–H and O–H groups in total. The summed E-state index contributed by atoms with van der Waals surface area (Å²) >= 11 is 1.49. The molecule has 158 valence electrons. The van der Waals surface area contributed by atoms with E-state index in [0.29, 0.717) is 40.9 Å². The average molecular weight is 436 g/mol. The van der Waals surface area contributed by atoms with Crippen LogP contribution in [0.4, 0.5) is 0 Å². The van der Waals surface area contributed by atoms with E-state index in [4.69, 9.17) is 14.2 Å². The van der Waals surface area contributed by atoms with Gasteiger partial charge in [0.05, 0.1) is 31.7 Å². The summed E-state index contributed by atoms with van der Waals surface area (Å²) < 4.78 is 16.4. The number of benzene rings is 1. The molecule has 8 heteroatoms. The van der Waals surface area contributed by atoms with Crippen LogP contribution < -0.4 is 14.2 Å². The van der Waals surface area contributed by atoms with Gasteiger partial charge in [0.2, 0.25) is 5.75 Å². The number of fused-ring (bicyclic) bond motifs is 2. The van der Waals surface area contributed by atoms with E-state index in [0.717, 1.165) is 27.9 Å². The van der Waals surface area contributed by atoms with Gasteiger partial charge in [0.15, 0.2) is 17.3 Å². The molecule has 7 nitrogen and oxygen atoms in total. The van der Waals surface area contributed by atoms with Crippen molar-refractivity contribution < 1.29 is 23.8 Å². The molecule has 3 heterocycles. The zero-order valence-corrected chi connectivity index (χ0v) is 18.1. The van der Waals surface area contributed by atoms with Gasteiger partial charge in [-0.3, -0.25) is 9.59 Å². The number of amides is 1. The molecule has 0 bridgehead atoms. The lowest BCUT2D eigenvalue weighted by molar-refractivity contribution is 0.0806. The van der Waals surface area contributed by atoms with E-state index < -0.39 is 0 Å². The first-order chi connectivity index (χ1) is 15.0. The van der Waals surface area contributed by atoms with E-state index in [2.05, 4.69) is 4.98 Å². The molecule has 3 aromatic rings. The van der Waals surface area contributed by atoms with Crippen LogP contribution in [0.5, 0.6) is 17.2 Å². The van der Waals surface area contributed by atoms with Crippen molar-refractivity contribution in [3.8, 4) is 17.2 Å². The maximum atomic E-state index is 13.5. The molecule has 2 aliphatic carbocycles. The Labute approximate surface area is 182 Å². The minimum Gasteiger partial charge on any atom is -0.493 e. The largest absolute Gasteiger partial charge is 0.493 e. The zero-order valence-electron chi connectivity index (χ0n) is 17.3. The number of likely N-dealkylation sites (tertiary alicyclic amines) is 1. The minimum atomic E-state index is -0.172. The van der Waals surface area contributed by atoms with Crippen LogP contribution in [0.1, 0.15) is 32.1 Å². The van der Waals surface area contributed by atoms with Gasteiger partial charge in [0, 0.05) is 29.1 Å². The molecule has 1 aliphatic heterocycles. The molecule has 6 rings (SSSR count). The van der Waals surface area contributed by atoms with Gasteiger partial charge in [-0.1, -0.05) is 0 Å². The highest BCUT2D eigenvalue weighted by molar-refractivity contribution is 7.12. The van der Waals surface area contributed by atoms with Gasteiger partial charge in [-0.15, -0.1) is 11.3 Å². The van der Waals surface area contributed by atoms with Crippen molar-refractivity contribution in [2.75, 3.05) is 27.9 Å². The Balaban J connectivity index is 1.43. The number of ketones is 1. The second kappa shape index (κ2) is 6.13. The second-order valence-electron chi connectivity index (χ2n) is 8.14. The molecule has 1 spiro atoms. The Morgan fingerprint density at radius 1 is 1.19 bits per heavy atom. The molecule has 2 atom stereocenters. The van der Waals surface area contributed by atoms with E-state index in [1.165, 1.54) is 11.3 Å². The number of methoxy groups -OCH3 is 3. The topological polar surface area (TPSA) is 80.9 Å². The molecule has 2 fully saturated rings. The van der Waals surface area contributed by atoms with Crippen LogP contribution in [-0.2, 0) is 5.41 Å². The summed E-state index contributed by atoms with van der Waals surface area (Å²) in [6.45, 7) is 0.617. The van der Waals surface area contributed by atoms with Crippen LogP contribution in [0.15, 0.2) is 35.4 Å². The molecule has 1 saturated carbocycles. The third kappa shape index (κ3) is 2.23. The summed E-state index contributed by atoms with van der Waals surface area (Å²) in [6, 6.07) is 5.65. The molecule has 1 unspecified atom stereocenters. The third-order valence-corrected chi connectivity index (χ3v) is 7.72. The highest BCUT2D eigenvalue weighted by Crippen LogP contribution is 2.67. The number of rotatable bonds is 4. The van der Waals surface area contributed by atoms with Crippen LogP contribution in [0.3, 0.4) is 0 Å². The lowest BCUT2D eigenvalue weighted by atomic mass is 9.86. The lowest BCUT2D eigenvalue weighted by Gasteiger charge is -2.27. The third-order valence-electron chi connectivity index (χ3n) is 6.79. The number of aromatic nitrogens is 1. The standard InChI is InChI=1S/C23H20N2O5S/c1-28-16-7-11-6-14(24-18(11)20(30-3)19(16)29-2)22(27)25-10-12-9-23(12)13-4-5-31-21(13)15(26)8-17(23)25/h4-8,12,24H,9-10H2,1-3H3/t12?,23-/m1/s1. The predicted molar refractivity (Wildman–Crippen MR) is 116 cm³/mol. The Morgan fingerprint density at radius 3 is 2.74 bits per heavy atom. The molecule has 0 radical (unpaired) electrons. The highest BCUT2D eigenvalue weighted by Gasteiger charge is 2.67. The SMILES string of the molecule is COc1cc2cc(C(=O)N3CC4C[C@@]45C3=CC(=O)c3sccc35)[nH]c2c(OC)c1OC. The van der Waals surface area contributed by atoms with Crippen molar-refractivity contribution in [2.24, 2.45) is 5.92 Å². The van der Waals surface area contributed by atoms with Crippen molar-refractivity contribution in [1.29, 1.82) is 0 Å². The number of hydrogen-bond donors (Lipinski definition) is 1. The molecule has 2 aromatic heterocycles. The van der Waals surface area contributed by atoms with E-state index in [1.807, 2.05) is 17.5 Å². The van der Waals surface area contributed by atoms with E-state index in [9.17, 15) is 9.59 Å². The first kappa shape index (κ1) is 18.5. The number of hydrogen-bond acceptors (Lipinski definition) is 6. The predicted octanol–water partition coefficient (Wildman–Crippen LogP) is 3.75. The van der Waals surface area contributed by atoms with Crippen molar-refractivity contribution in [2.45, 2.75) is 11.8 Å². The number of aromatic amines is 1. The maximum Gasteiger partial charge on any atom is 0.274 e.